The highest BCUT2D eigenvalue weighted by Gasteiger charge is 2.30. The highest BCUT2D eigenvalue weighted by molar-refractivity contribution is 7.21. The minimum atomic E-state index is -0.639. The van der Waals surface area contributed by atoms with E-state index in [-0.39, 0.29) is 0 Å². The Labute approximate surface area is 146 Å². The second kappa shape index (κ2) is 6.20. The number of ether oxygens (including phenoxy) is 2. The van der Waals surface area contributed by atoms with Crippen LogP contribution in [0, 0.1) is 6.92 Å². The number of thiophene rings is 1. The van der Waals surface area contributed by atoms with Crippen molar-refractivity contribution in [3.8, 4) is 0 Å². The summed E-state index contributed by atoms with van der Waals surface area (Å²) < 4.78 is 11.8. The van der Waals surface area contributed by atoms with E-state index in [0.717, 1.165) is 15.6 Å². The topological polar surface area (TPSA) is 52.6 Å². The van der Waals surface area contributed by atoms with Crippen LogP contribution < -0.4 is 0 Å². The minimum Gasteiger partial charge on any atom is -0.456 e. The van der Waals surface area contributed by atoms with Gasteiger partial charge in [-0.05, 0) is 60.6 Å². The van der Waals surface area contributed by atoms with Gasteiger partial charge in [-0.2, -0.15) is 0 Å². The Morgan fingerprint density at radius 2 is 1.46 bits per heavy atom. The van der Waals surface area contributed by atoms with Crippen molar-refractivity contribution in [2.45, 2.75) is 59.7 Å². The zero-order valence-electron chi connectivity index (χ0n) is 15.3. The summed E-state index contributed by atoms with van der Waals surface area (Å²) in [7, 11) is 0. The summed E-state index contributed by atoms with van der Waals surface area (Å²) >= 11 is 1.26. The molecule has 5 heteroatoms. The van der Waals surface area contributed by atoms with E-state index >= 15 is 0 Å². The lowest BCUT2D eigenvalue weighted by atomic mass is 10.1. The van der Waals surface area contributed by atoms with E-state index in [1.807, 2.05) is 25.1 Å². The SMILES string of the molecule is Cc1ccc2sc(C(=O)OC(C)(C)C)c(C(=O)OC(C)(C)C)c2c1. The maximum absolute atomic E-state index is 12.7. The summed E-state index contributed by atoms with van der Waals surface area (Å²) in [5, 5.41) is 0.732. The van der Waals surface area contributed by atoms with Gasteiger partial charge in [0, 0.05) is 10.1 Å². The van der Waals surface area contributed by atoms with Gasteiger partial charge in [-0.3, -0.25) is 0 Å². The number of aryl methyl sites for hydroxylation is 1. The summed E-state index contributed by atoms with van der Waals surface area (Å²) in [4.78, 5) is 25.6. The van der Waals surface area contributed by atoms with Crippen molar-refractivity contribution in [2.24, 2.45) is 0 Å². The Balaban J connectivity index is 2.60. The molecule has 130 valence electrons. The molecule has 0 atom stereocenters. The van der Waals surface area contributed by atoms with Crippen LogP contribution in [0.2, 0.25) is 0 Å². The summed E-state index contributed by atoms with van der Waals surface area (Å²) in [5.41, 5.74) is 0.0399. The molecule has 0 unspecified atom stereocenters. The first kappa shape index (κ1) is 18.5. The Kier molecular flexibility index (Phi) is 4.77. The molecule has 1 aromatic heterocycles. The van der Waals surface area contributed by atoms with Crippen LogP contribution in [0.15, 0.2) is 18.2 Å². The van der Waals surface area contributed by atoms with E-state index in [4.69, 9.17) is 9.47 Å². The quantitative estimate of drug-likeness (QED) is 0.707. The zero-order chi connectivity index (χ0) is 18.3. The van der Waals surface area contributed by atoms with Crippen LogP contribution >= 0.6 is 11.3 Å². The maximum Gasteiger partial charge on any atom is 0.349 e. The van der Waals surface area contributed by atoms with E-state index in [9.17, 15) is 9.59 Å². The number of hydrogen-bond acceptors (Lipinski definition) is 5. The Morgan fingerprint density at radius 1 is 0.917 bits per heavy atom. The van der Waals surface area contributed by atoms with Crippen molar-refractivity contribution in [1.82, 2.24) is 0 Å². The zero-order valence-corrected chi connectivity index (χ0v) is 16.1. The largest absolute Gasteiger partial charge is 0.456 e. The molecule has 0 radical (unpaired) electrons. The Bertz CT molecular complexity index is 788. The molecule has 0 aliphatic rings. The van der Waals surface area contributed by atoms with Crippen molar-refractivity contribution in [2.75, 3.05) is 0 Å². The van der Waals surface area contributed by atoms with Gasteiger partial charge in [-0.25, -0.2) is 9.59 Å². The van der Waals surface area contributed by atoms with Gasteiger partial charge in [-0.15, -0.1) is 11.3 Å². The van der Waals surface area contributed by atoms with E-state index in [1.165, 1.54) is 11.3 Å². The Hall–Kier alpha value is -1.88. The molecular formula is C19H24O4S. The molecular weight excluding hydrogens is 324 g/mol. The average Bonchev–Trinajstić information content (AvgIpc) is 2.73. The fraction of sp³-hybridized carbons (Fsp3) is 0.474. The van der Waals surface area contributed by atoms with E-state index < -0.39 is 23.1 Å². The van der Waals surface area contributed by atoms with E-state index in [1.54, 1.807) is 41.5 Å². The molecule has 0 saturated carbocycles. The molecule has 1 heterocycles. The van der Waals surface area contributed by atoms with E-state index in [2.05, 4.69) is 0 Å². The van der Waals surface area contributed by atoms with Crippen molar-refractivity contribution < 1.29 is 19.1 Å². The van der Waals surface area contributed by atoms with Gasteiger partial charge in [0.05, 0.1) is 5.56 Å². The second-order valence-electron chi connectivity index (χ2n) is 7.81. The molecule has 4 nitrogen and oxygen atoms in total. The molecule has 0 amide bonds. The molecule has 0 spiro atoms. The molecule has 1 aromatic carbocycles. The first-order chi connectivity index (χ1) is 10.9. The lowest BCUT2D eigenvalue weighted by Gasteiger charge is -2.21. The number of carbonyl (C=O) groups excluding carboxylic acids is 2. The van der Waals surface area contributed by atoms with Gasteiger partial charge < -0.3 is 9.47 Å². The lowest BCUT2D eigenvalue weighted by Crippen LogP contribution is -2.27. The molecule has 24 heavy (non-hydrogen) atoms. The van der Waals surface area contributed by atoms with Crippen molar-refractivity contribution in [1.29, 1.82) is 0 Å². The van der Waals surface area contributed by atoms with Gasteiger partial charge in [0.25, 0.3) is 0 Å². The predicted octanol–water partition coefficient (Wildman–Crippen LogP) is 5.12. The first-order valence-electron chi connectivity index (χ1n) is 7.87. The predicted molar refractivity (Wildman–Crippen MR) is 96.9 cm³/mol. The molecule has 0 fully saturated rings. The van der Waals surface area contributed by atoms with Crippen molar-refractivity contribution in [3.05, 3.63) is 34.2 Å². The molecule has 0 aliphatic carbocycles. The molecule has 0 N–H and O–H groups in total. The fourth-order valence-corrected chi connectivity index (χ4v) is 3.26. The van der Waals surface area contributed by atoms with Crippen LogP contribution in [0.25, 0.3) is 10.1 Å². The third-order valence-electron chi connectivity index (χ3n) is 3.03. The summed E-state index contributed by atoms with van der Waals surface area (Å²) in [6, 6.07) is 5.77. The third kappa shape index (κ3) is 4.35. The molecule has 2 aromatic rings. The number of rotatable bonds is 2. The van der Waals surface area contributed by atoms with Crippen molar-refractivity contribution >= 4 is 33.4 Å². The Morgan fingerprint density at radius 3 is 2.00 bits per heavy atom. The number of carbonyl (C=O) groups is 2. The van der Waals surface area contributed by atoms with Crippen molar-refractivity contribution in [3.63, 3.8) is 0 Å². The fourth-order valence-electron chi connectivity index (χ4n) is 2.21. The van der Waals surface area contributed by atoms with Gasteiger partial charge >= 0.3 is 11.9 Å². The van der Waals surface area contributed by atoms with Gasteiger partial charge in [0.1, 0.15) is 16.1 Å². The monoisotopic (exact) mass is 348 g/mol. The third-order valence-corrected chi connectivity index (χ3v) is 4.18. The van der Waals surface area contributed by atoms with Gasteiger partial charge in [-0.1, -0.05) is 11.6 Å². The van der Waals surface area contributed by atoms with E-state index in [0.29, 0.717) is 10.4 Å². The van der Waals surface area contributed by atoms with Gasteiger partial charge in [0.15, 0.2) is 0 Å². The highest BCUT2D eigenvalue weighted by Crippen LogP contribution is 2.34. The molecule has 0 saturated heterocycles. The number of fused-ring (bicyclic) bond motifs is 1. The van der Waals surface area contributed by atoms with Crippen LogP contribution in [-0.2, 0) is 9.47 Å². The average molecular weight is 348 g/mol. The van der Waals surface area contributed by atoms with Crippen LogP contribution in [0.3, 0.4) is 0 Å². The summed E-state index contributed by atoms with van der Waals surface area (Å²) in [6.45, 7) is 12.8. The molecule has 2 rings (SSSR count). The summed E-state index contributed by atoms with van der Waals surface area (Å²) in [6.07, 6.45) is 0. The van der Waals surface area contributed by atoms with Crippen LogP contribution in [0.4, 0.5) is 0 Å². The van der Waals surface area contributed by atoms with Gasteiger partial charge in [0.2, 0.25) is 0 Å². The van der Waals surface area contributed by atoms with Crippen LogP contribution in [-0.4, -0.2) is 23.1 Å². The molecule has 0 bridgehead atoms. The second-order valence-corrected chi connectivity index (χ2v) is 8.86. The standard InChI is InChI=1S/C19H24O4S/c1-11-8-9-13-12(10-11)14(16(20)22-18(2,3)4)15(24-13)17(21)23-19(5,6)7/h8-10H,1-7H3. The molecule has 0 aliphatic heterocycles. The smallest absolute Gasteiger partial charge is 0.349 e. The normalized spacial score (nSPS) is 12.3. The van der Waals surface area contributed by atoms with Crippen LogP contribution in [0.5, 0.6) is 0 Å². The lowest BCUT2D eigenvalue weighted by molar-refractivity contribution is 0.00252. The number of benzene rings is 1. The first-order valence-corrected chi connectivity index (χ1v) is 8.69. The minimum absolute atomic E-state index is 0.291. The number of hydrogen-bond donors (Lipinski definition) is 0. The highest BCUT2D eigenvalue weighted by atomic mass is 32.1. The maximum atomic E-state index is 12.7. The summed E-state index contributed by atoms with van der Waals surface area (Å²) in [5.74, 6) is -0.998. The van der Waals surface area contributed by atoms with Crippen LogP contribution in [0.1, 0.15) is 67.1 Å². The number of esters is 2.